The van der Waals surface area contributed by atoms with Crippen LogP contribution in [0.4, 0.5) is 0 Å². The Morgan fingerprint density at radius 1 is 0.285 bits per heavy atom. The van der Waals surface area contributed by atoms with Gasteiger partial charge in [-0.2, -0.15) is 0 Å². The summed E-state index contributed by atoms with van der Waals surface area (Å²) in [5.74, 6) is 10.4. The Kier molecular flexibility index (Phi) is 32.4. The molecule has 3 radical (unpaired) electrons. The molecule has 14 heteroatoms. The van der Waals surface area contributed by atoms with E-state index in [2.05, 4.69) is 368 Å². The summed E-state index contributed by atoms with van der Waals surface area (Å²) in [4.78, 5) is 27.6. The van der Waals surface area contributed by atoms with Crippen LogP contribution < -0.4 is 9.58 Å². The van der Waals surface area contributed by atoms with E-state index >= 15 is 0 Å². The molecule has 9 nitrogen and oxygen atoms in total. The fourth-order valence-electron chi connectivity index (χ4n) is 20.6. The number of benzene rings is 12. The first-order valence-electron chi connectivity index (χ1n) is 50.1. The molecule has 0 atom stereocenters. The molecule has 12 heterocycles. The maximum absolute atomic E-state index is 5.05. The van der Waals surface area contributed by atoms with Crippen LogP contribution in [-0.2, 0) is 79.6 Å². The summed E-state index contributed by atoms with van der Waals surface area (Å²) >= 11 is -2.03. The third-order valence-corrected chi connectivity index (χ3v) is 33.5. The smallest absolute Gasteiger partial charge is 0.0799 e. The second-order valence-electron chi connectivity index (χ2n) is 41.9. The van der Waals surface area contributed by atoms with Gasteiger partial charge in [0.2, 0.25) is 0 Å². The van der Waals surface area contributed by atoms with E-state index in [9.17, 15) is 0 Å². The maximum atomic E-state index is 5.05. The van der Waals surface area contributed by atoms with E-state index in [0.29, 0.717) is 35.5 Å². The molecule has 729 valence electrons. The number of hydrogen-bond donors (Lipinski definition) is 0. The zero-order valence-corrected chi connectivity index (χ0v) is 96.1. The quantitative estimate of drug-likeness (QED) is 0.0666. The van der Waals surface area contributed by atoms with Crippen LogP contribution >= 0.6 is 0 Å². The zero-order valence-electron chi connectivity index (χ0n) is 85.8. The first kappa shape index (κ1) is 104. The fourth-order valence-corrected chi connectivity index (χ4v) is 25.6. The molecule has 24 aromatic rings. The monoisotopic (exact) mass is 2490 g/mol. The Balaban J connectivity index is 0.000000131. The second-order valence-corrected chi connectivity index (χ2v) is 57.5. The van der Waals surface area contributed by atoms with Crippen LogP contribution in [0.5, 0.6) is 0 Å². The van der Waals surface area contributed by atoms with Gasteiger partial charge in [0, 0.05) is 146 Å². The molecule has 0 N–H and O–H groups in total. The van der Waals surface area contributed by atoms with Crippen LogP contribution in [0, 0.1) is 61.1 Å². The summed E-state index contributed by atoms with van der Waals surface area (Å²) in [6, 6.07) is 123. The Morgan fingerprint density at radius 2 is 0.583 bits per heavy atom. The van der Waals surface area contributed by atoms with Crippen molar-refractivity contribution < 1.29 is 60.3 Å². The number of rotatable bonds is 17. The Morgan fingerprint density at radius 3 is 0.903 bits per heavy atom. The van der Waals surface area contributed by atoms with Crippen LogP contribution in [0.2, 0.25) is 36.9 Å². The number of hydrogen-bond acceptors (Lipinski definition) is 6. The Bertz CT molecular complexity index is 7990. The summed E-state index contributed by atoms with van der Waals surface area (Å²) in [6.07, 6.45) is 15.0. The first-order chi connectivity index (χ1) is 68.1. The van der Waals surface area contributed by atoms with Gasteiger partial charge in [0.25, 0.3) is 0 Å². The fraction of sp³-hybridized carbons (Fsp3) is 0.215. The van der Waals surface area contributed by atoms with Crippen LogP contribution in [0.25, 0.3) is 182 Å². The molecule has 0 unspecified atom stereocenters. The van der Waals surface area contributed by atoms with Gasteiger partial charge in [0.1, 0.15) is 0 Å². The van der Waals surface area contributed by atoms with Gasteiger partial charge in [-0.15, -0.1) is 132 Å². The minimum atomic E-state index is -2.03. The van der Waals surface area contributed by atoms with Gasteiger partial charge < -0.3 is 23.8 Å². The van der Waals surface area contributed by atoms with Gasteiger partial charge in [0.05, 0.1) is 8.07 Å². The van der Waals surface area contributed by atoms with Gasteiger partial charge in [0.15, 0.2) is 0 Å². The van der Waals surface area contributed by atoms with Crippen molar-refractivity contribution in [3.8, 4) is 67.5 Å². The topological polar surface area (TPSA) is 90.6 Å². The molecule has 24 rings (SSSR count). The molecule has 0 fully saturated rings. The summed E-state index contributed by atoms with van der Waals surface area (Å²) in [6.45, 7) is 37.0. The van der Waals surface area contributed by atoms with Crippen molar-refractivity contribution >= 4 is 145 Å². The van der Waals surface area contributed by atoms with E-state index in [4.69, 9.17) is 15.0 Å². The van der Waals surface area contributed by atoms with E-state index in [1.165, 1.54) is 163 Å². The number of aromatic nitrogens is 9. The summed E-state index contributed by atoms with van der Waals surface area (Å²) in [7, 11) is -1.48. The molecular weight excluding hydrogens is 2360 g/mol. The normalized spacial score (nSPS) is 11.7. The van der Waals surface area contributed by atoms with Crippen molar-refractivity contribution in [3.05, 3.63) is 404 Å². The van der Waals surface area contributed by atoms with Crippen LogP contribution in [0.1, 0.15) is 140 Å². The molecule has 0 amide bonds. The van der Waals surface area contributed by atoms with Crippen LogP contribution in [0.15, 0.2) is 328 Å². The van der Waals surface area contributed by atoms with Gasteiger partial charge in [-0.25, -0.2) is 0 Å². The molecule has 144 heavy (non-hydrogen) atoms. The number of para-hydroxylation sites is 6. The third kappa shape index (κ3) is 21.3. The molecule has 0 bridgehead atoms. The molecule has 0 spiro atoms. The average molecular weight is 2490 g/mol. The Labute approximate surface area is 893 Å². The molecular formula is C130H123GeIr3N9Si-6. The third-order valence-electron chi connectivity index (χ3n) is 27.1. The van der Waals surface area contributed by atoms with Crippen molar-refractivity contribution in [2.75, 3.05) is 0 Å². The number of pyridine rings is 6. The van der Waals surface area contributed by atoms with E-state index in [-0.39, 0.29) is 60.3 Å². The first-order valence-corrected chi connectivity index (χ1v) is 61.0. The molecule has 0 saturated carbocycles. The van der Waals surface area contributed by atoms with Gasteiger partial charge >= 0.3 is 212 Å². The predicted octanol–water partition coefficient (Wildman–Crippen LogP) is 33.1. The van der Waals surface area contributed by atoms with E-state index in [1.807, 2.05) is 134 Å². The van der Waals surface area contributed by atoms with Gasteiger partial charge in [-0.05, 0) is 118 Å². The van der Waals surface area contributed by atoms with Crippen molar-refractivity contribution in [2.45, 2.75) is 164 Å². The van der Waals surface area contributed by atoms with Crippen molar-refractivity contribution in [3.63, 3.8) is 0 Å². The number of fused-ring (bicyclic) bond motifs is 18. The van der Waals surface area contributed by atoms with E-state index in [1.54, 1.807) is 18.6 Å². The summed E-state index contributed by atoms with van der Waals surface area (Å²) in [5.41, 5.74) is 33.8. The van der Waals surface area contributed by atoms with Crippen molar-refractivity contribution in [1.82, 2.24) is 43.1 Å². The summed E-state index contributed by atoms with van der Waals surface area (Å²) < 4.78 is 8.97. The molecule has 0 aliphatic carbocycles. The standard InChI is InChI=1S/C33H35GeN2.C33H35N2Si.C31H29N2.3C11H8N.3Ir/c1-20(2)15-22-18-30(35-19-29(22)34(5,6)7)23-16-27(21(3)4)33-28(17-23)26-13-10-12-25-24-11-8-9-14-31(24)36(33)32(25)26;1-20(2)15-23-18-29(34-19-31(23)36(5,6)7)22-16-27(21(3)4)33-28(17-22)26-13-10-12-25-24-11-8-9-14-30(24)35(33)32(25)26;1-18(2)13-21-16-28(32-17-20(21)5)22-14-26(19(3)4)31-27(15-22)25-11-8-10-24-23-9-6-7-12-29(23)33(31)30(24)25;3*1-2-6-10(7-3-1)11-8-4-5-9-12-11;;;/h2*8-14,16,18-21H,15H2,1-7H3;6-12,14,16-19H,13H2,1-5H3;3*1-6,8-9H;;;/q6*-1;;;. The number of nitrogens with zero attached hydrogens (tertiary/aromatic N) is 9. The van der Waals surface area contributed by atoms with Gasteiger partial charge in [-0.3, -0.25) is 9.97 Å². The largest absolute Gasteiger partial charge is 0.348 e. The molecule has 0 aliphatic heterocycles. The van der Waals surface area contributed by atoms with E-state index in [0.717, 1.165) is 86.8 Å². The number of aryl methyl sites for hydroxylation is 1. The van der Waals surface area contributed by atoms with Crippen LogP contribution in [0.3, 0.4) is 0 Å². The minimum Gasteiger partial charge on any atom is -0.348 e. The molecule has 0 aliphatic rings. The second kappa shape index (κ2) is 44.7. The maximum Gasteiger partial charge on any atom is 0.0799 e. The zero-order chi connectivity index (χ0) is 98.2. The molecule has 12 aromatic carbocycles. The van der Waals surface area contributed by atoms with E-state index < -0.39 is 21.3 Å². The average Bonchev–Trinajstić information content (AvgIpc) is 1.55. The SMILES string of the molecule is CC(C)Cc1cc(-c2[c-]c3c4cccc5c6ccccc6n(c3c(C(C)C)c2)c45)nc[c]1[Ge]([CH3])([CH3])[CH3].CC(C)Cc1cc(-c2[c-]c3c4cccc5c6ccccc6n(c3c(C(C)C)c2)c45)ncc1[Si](C)(C)C.Cc1cnc(-c2[c-]c3c4cccc5c6ccccc6n(c3c(C(C)C)c2)c45)cc1CC(C)C.[Ir].[Ir].[Ir].[c-]1ccccc1-c1ccccn1.[c-]1ccccc1-c1ccccn1.[c-]1ccccc1-c1ccccn1. The summed E-state index contributed by atoms with van der Waals surface area (Å²) in [5, 5.41) is 16.9. The molecule has 0 saturated heterocycles. The Hall–Kier alpha value is -12.4. The van der Waals surface area contributed by atoms with Gasteiger partial charge in [-0.1, -0.05) is 252 Å². The van der Waals surface area contributed by atoms with Crippen molar-refractivity contribution in [1.29, 1.82) is 0 Å². The minimum absolute atomic E-state index is 0. The van der Waals surface area contributed by atoms with Crippen molar-refractivity contribution in [2.24, 2.45) is 17.8 Å². The predicted molar refractivity (Wildman–Crippen MR) is 604 cm³/mol. The van der Waals surface area contributed by atoms with Crippen LogP contribution in [-0.4, -0.2) is 64.4 Å². The molecule has 12 aromatic heterocycles.